The molecule has 0 amide bonds. The number of hydrogen-bond donors (Lipinski definition) is 1. The Morgan fingerprint density at radius 1 is 1.58 bits per heavy atom. The minimum atomic E-state index is 0.0790. The smallest absolute Gasteiger partial charge is 0.146 e. The number of rotatable bonds is 4. The molecular weight excluding hydrogens is 150 g/mol. The van der Waals surface area contributed by atoms with Gasteiger partial charge in [0.25, 0.3) is 0 Å². The highest BCUT2D eigenvalue weighted by Crippen LogP contribution is 2.44. The van der Waals surface area contributed by atoms with Gasteiger partial charge in [0.15, 0.2) is 0 Å². The first-order valence-corrected chi connectivity index (χ1v) is 4.75. The summed E-state index contributed by atoms with van der Waals surface area (Å²) in [7, 11) is 1.87. The van der Waals surface area contributed by atoms with E-state index in [2.05, 4.69) is 12.2 Å². The molecule has 1 aliphatic carbocycles. The fraction of sp³-hybridized carbons (Fsp3) is 0.900. The topological polar surface area (TPSA) is 29.1 Å². The Balaban J connectivity index is 2.41. The lowest BCUT2D eigenvalue weighted by molar-refractivity contribution is -0.120. The molecule has 0 aromatic heterocycles. The third-order valence-electron chi connectivity index (χ3n) is 3.10. The molecule has 2 nitrogen and oxygen atoms in total. The highest BCUT2D eigenvalue weighted by molar-refractivity contribution is 5.81. The van der Waals surface area contributed by atoms with E-state index in [1.165, 1.54) is 19.3 Å². The van der Waals surface area contributed by atoms with Crippen molar-refractivity contribution in [3.8, 4) is 0 Å². The summed E-state index contributed by atoms with van der Waals surface area (Å²) >= 11 is 0. The zero-order chi connectivity index (χ0) is 9.19. The van der Waals surface area contributed by atoms with E-state index < -0.39 is 0 Å². The summed E-state index contributed by atoms with van der Waals surface area (Å²) in [5.41, 5.74) is 0.444. The maximum Gasteiger partial charge on any atom is 0.146 e. The van der Waals surface area contributed by atoms with Crippen molar-refractivity contribution in [2.45, 2.75) is 45.6 Å². The molecule has 70 valence electrons. The summed E-state index contributed by atoms with van der Waals surface area (Å²) in [5.74, 6) is 0.269. The second kappa shape index (κ2) is 3.56. The maximum absolute atomic E-state index is 11.1. The van der Waals surface area contributed by atoms with Gasteiger partial charge in [0.2, 0.25) is 0 Å². The van der Waals surface area contributed by atoms with Gasteiger partial charge in [-0.3, -0.25) is 4.79 Å². The van der Waals surface area contributed by atoms with Gasteiger partial charge in [-0.05, 0) is 38.6 Å². The number of ketones is 1. The van der Waals surface area contributed by atoms with Crippen molar-refractivity contribution < 1.29 is 4.79 Å². The molecule has 2 heteroatoms. The summed E-state index contributed by atoms with van der Waals surface area (Å²) < 4.78 is 0. The van der Waals surface area contributed by atoms with Gasteiger partial charge >= 0.3 is 0 Å². The van der Waals surface area contributed by atoms with E-state index in [4.69, 9.17) is 0 Å². The van der Waals surface area contributed by atoms with Crippen LogP contribution in [0.15, 0.2) is 0 Å². The van der Waals surface area contributed by atoms with Crippen molar-refractivity contribution in [1.29, 1.82) is 0 Å². The van der Waals surface area contributed by atoms with Crippen molar-refractivity contribution in [2.75, 3.05) is 7.05 Å². The van der Waals surface area contributed by atoms with E-state index in [0.29, 0.717) is 5.41 Å². The highest BCUT2D eigenvalue weighted by atomic mass is 16.1. The zero-order valence-corrected chi connectivity index (χ0v) is 8.31. The minimum Gasteiger partial charge on any atom is -0.311 e. The van der Waals surface area contributed by atoms with Crippen LogP contribution >= 0.6 is 0 Å². The summed E-state index contributed by atoms with van der Waals surface area (Å²) in [6.07, 6.45) is 4.93. The summed E-state index contributed by atoms with van der Waals surface area (Å²) in [4.78, 5) is 11.1. The van der Waals surface area contributed by atoms with Crippen LogP contribution in [0.25, 0.3) is 0 Å². The Kier molecular flexibility index (Phi) is 2.89. The first kappa shape index (κ1) is 9.72. The van der Waals surface area contributed by atoms with Gasteiger partial charge in [0.1, 0.15) is 5.78 Å². The van der Waals surface area contributed by atoms with E-state index in [9.17, 15) is 4.79 Å². The molecule has 0 radical (unpaired) electrons. The van der Waals surface area contributed by atoms with E-state index in [0.717, 1.165) is 6.42 Å². The lowest BCUT2D eigenvalue weighted by Crippen LogP contribution is -2.40. The monoisotopic (exact) mass is 169 g/mol. The molecule has 1 saturated carbocycles. The van der Waals surface area contributed by atoms with Crippen molar-refractivity contribution in [3.05, 3.63) is 0 Å². The van der Waals surface area contributed by atoms with Gasteiger partial charge in [-0.15, -0.1) is 0 Å². The highest BCUT2D eigenvalue weighted by Gasteiger charge is 2.34. The van der Waals surface area contributed by atoms with Gasteiger partial charge in [0.05, 0.1) is 6.04 Å². The largest absolute Gasteiger partial charge is 0.311 e. The molecule has 0 heterocycles. The van der Waals surface area contributed by atoms with Crippen LogP contribution in [0, 0.1) is 5.41 Å². The van der Waals surface area contributed by atoms with Crippen molar-refractivity contribution in [3.63, 3.8) is 0 Å². The molecule has 1 N–H and O–H groups in total. The zero-order valence-electron chi connectivity index (χ0n) is 8.31. The lowest BCUT2D eigenvalue weighted by atomic mass is 9.66. The van der Waals surface area contributed by atoms with Gasteiger partial charge in [-0.25, -0.2) is 0 Å². The average molecular weight is 169 g/mol. The van der Waals surface area contributed by atoms with E-state index in [1.807, 2.05) is 7.05 Å². The first-order valence-electron chi connectivity index (χ1n) is 4.75. The molecular formula is C10H19NO. The van der Waals surface area contributed by atoms with Crippen LogP contribution in [0.5, 0.6) is 0 Å². The van der Waals surface area contributed by atoms with Gasteiger partial charge in [-0.2, -0.15) is 0 Å². The Morgan fingerprint density at radius 3 is 2.42 bits per heavy atom. The van der Waals surface area contributed by atoms with Gasteiger partial charge in [-0.1, -0.05) is 13.3 Å². The molecule has 1 aliphatic rings. The maximum atomic E-state index is 11.1. The van der Waals surface area contributed by atoms with E-state index in [1.54, 1.807) is 6.92 Å². The molecule has 1 atom stereocenters. The number of Topliss-reactive ketones (excluding diaryl/α,β-unsaturated/α-hetero) is 1. The van der Waals surface area contributed by atoms with Crippen LogP contribution in [0.4, 0.5) is 0 Å². The predicted octanol–water partition coefficient (Wildman–Crippen LogP) is 1.74. The molecule has 0 spiro atoms. The van der Waals surface area contributed by atoms with E-state index >= 15 is 0 Å². The van der Waals surface area contributed by atoms with Crippen LogP contribution in [-0.2, 0) is 4.79 Å². The molecule has 0 bridgehead atoms. The average Bonchev–Trinajstić information content (AvgIpc) is 1.96. The van der Waals surface area contributed by atoms with Crippen LogP contribution in [-0.4, -0.2) is 18.9 Å². The number of likely N-dealkylation sites (N-methyl/N-ethyl adjacent to an activating group) is 1. The summed E-state index contributed by atoms with van der Waals surface area (Å²) in [6.45, 7) is 3.95. The fourth-order valence-corrected chi connectivity index (χ4v) is 1.93. The molecule has 12 heavy (non-hydrogen) atoms. The van der Waals surface area contributed by atoms with E-state index in [-0.39, 0.29) is 11.8 Å². The molecule has 0 aliphatic heterocycles. The second-order valence-electron chi connectivity index (χ2n) is 4.32. The number of hydrogen-bond acceptors (Lipinski definition) is 2. The SMILES string of the molecule is CN[C@@H](CC1(C)CCC1)C(C)=O. The van der Waals surface area contributed by atoms with Gasteiger partial charge in [0, 0.05) is 0 Å². The van der Waals surface area contributed by atoms with Crippen molar-refractivity contribution >= 4 is 5.78 Å². The first-order chi connectivity index (χ1) is 5.57. The molecule has 0 saturated heterocycles. The predicted molar refractivity (Wildman–Crippen MR) is 50.1 cm³/mol. The summed E-state index contributed by atoms with van der Waals surface area (Å²) in [5, 5.41) is 3.08. The molecule has 0 unspecified atom stereocenters. The standard InChI is InChI=1S/C10H19NO/c1-8(12)9(11-3)7-10(2)5-4-6-10/h9,11H,4-7H2,1-3H3/t9-/m0/s1. The second-order valence-corrected chi connectivity index (χ2v) is 4.32. The van der Waals surface area contributed by atoms with Gasteiger partial charge < -0.3 is 5.32 Å². The lowest BCUT2D eigenvalue weighted by Gasteiger charge is -2.40. The Bertz CT molecular complexity index is 173. The summed E-state index contributed by atoms with van der Waals surface area (Å²) in [6, 6.07) is 0.0790. The Hall–Kier alpha value is -0.370. The number of nitrogens with one attached hydrogen (secondary N) is 1. The fourth-order valence-electron chi connectivity index (χ4n) is 1.93. The van der Waals surface area contributed by atoms with Crippen LogP contribution < -0.4 is 5.32 Å². The normalized spacial score (nSPS) is 22.9. The third kappa shape index (κ3) is 2.07. The Labute approximate surface area is 74.7 Å². The molecule has 0 aromatic carbocycles. The van der Waals surface area contributed by atoms with Crippen LogP contribution in [0.1, 0.15) is 39.5 Å². The minimum absolute atomic E-state index is 0.0790. The molecule has 0 aromatic rings. The molecule has 1 fully saturated rings. The third-order valence-corrected chi connectivity index (χ3v) is 3.10. The number of carbonyl (C=O) groups is 1. The van der Waals surface area contributed by atoms with Crippen molar-refractivity contribution in [1.82, 2.24) is 5.32 Å². The Morgan fingerprint density at radius 2 is 2.17 bits per heavy atom. The quantitative estimate of drug-likeness (QED) is 0.694. The molecule has 1 rings (SSSR count). The van der Waals surface area contributed by atoms with Crippen LogP contribution in [0.2, 0.25) is 0 Å². The van der Waals surface area contributed by atoms with Crippen LogP contribution in [0.3, 0.4) is 0 Å². The number of carbonyl (C=O) groups excluding carboxylic acids is 1. The van der Waals surface area contributed by atoms with Crippen molar-refractivity contribution in [2.24, 2.45) is 5.41 Å².